The van der Waals surface area contributed by atoms with Crippen LogP contribution < -0.4 is 5.32 Å². The van der Waals surface area contributed by atoms with Crippen LogP contribution in [0.4, 0.5) is 5.82 Å². The van der Waals surface area contributed by atoms with Crippen molar-refractivity contribution in [3.63, 3.8) is 0 Å². The maximum absolute atomic E-state index is 11.1. The summed E-state index contributed by atoms with van der Waals surface area (Å²) in [6, 6.07) is 4.98. The largest absolute Gasteiger partial charge is 0.367 e. The lowest BCUT2D eigenvalue weighted by Gasteiger charge is -2.32. The van der Waals surface area contributed by atoms with Gasteiger partial charge in [0.2, 0.25) is 6.41 Å². The number of anilines is 1. The standard InChI is InChI=1S/C14H19N3O/c18-10-17-8-2-1-3-13(17)11-4-7-14(15-9-11)16-12-5-6-12/h4,7,9-10,12-13H,1-3,5-6,8H2,(H,15,16)/t13-/m0/s1. The van der Waals surface area contributed by atoms with Crippen molar-refractivity contribution in [2.45, 2.75) is 44.2 Å². The number of carbonyl (C=O) groups excluding carboxylic acids is 1. The zero-order valence-corrected chi connectivity index (χ0v) is 10.5. The summed E-state index contributed by atoms with van der Waals surface area (Å²) < 4.78 is 0. The molecule has 4 heteroatoms. The minimum absolute atomic E-state index is 0.221. The predicted octanol–water partition coefficient (Wildman–Crippen LogP) is 2.34. The van der Waals surface area contributed by atoms with Crippen molar-refractivity contribution in [1.29, 1.82) is 0 Å². The van der Waals surface area contributed by atoms with Gasteiger partial charge in [-0.3, -0.25) is 4.79 Å². The molecule has 3 rings (SSSR count). The predicted molar refractivity (Wildman–Crippen MR) is 70.2 cm³/mol. The summed E-state index contributed by atoms with van der Waals surface area (Å²) in [6.07, 6.45) is 8.75. The number of carbonyl (C=O) groups is 1. The van der Waals surface area contributed by atoms with E-state index in [1.807, 2.05) is 17.2 Å². The number of rotatable bonds is 4. The van der Waals surface area contributed by atoms with Crippen molar-refractivity contribution in [3.05, 3.63) is 23.9 Å². The van der Waals surface area contributed by atoms with E-state index in [-0.39, 0.29) is 6.04 Å². The summed E-state index contributed by atoms with van der Waals surface area (Å²) in [5.74, 6) is 0.953. The van der Waals surface area contributed by atoms with Gasteiger partial charge in [-0.2, -0.15) is 0 Å². The molecule has 0 radical (unpaired) electrons. The van der Waals surface area contributed by atoms with Gasteiger partial charge in [0.05, 0.1) is 6.04 Å². The first-order valence-electron chi connectivity index (χ1n) is 6.80. The smallest absolute Gasteiger partial charge is 0.210 e. The third kappa shape index (κ3) is 2.47. The van der Waals surface area contributed by atoms with E-state index in [1.54, 1.807) is 0 Å². The zero-order valence-electron chi connectivity index (χ0n) is 10.5. The second-order valence-electron chi connectivity index (χ2n) is 5.25. The number of piperidine rings is 1. The summed E-state index contributed by atoms with van der Waals surface area (Å²) in [4.78, 5) is 17.4. The molecule has 1 N–H and O–H groups in total. The molecule has 1 aromatic heterocycles. The van der Waals surface area contributed by atoms with Crippen molar-refractivity contribution < 1.29 is 4.79 Å². The van der Waals surface area contributed by atoms with Crippen LogP contribution in [0.3, 0.4) is 0 Å². The number of amides is 1. The number of pyridine rings is 1. The molecule has 1 atom stereocenters. The average Bonchev–Trinajstić information content (AvgIpc) is 3.24. The fourth-order valence-electron chi connectivity index (χ4n) is 2.56. The fraction of sp³-hybridized carbons (Fsp3) is 0.571. The molecule has 0 bridgehead atoms. The highest BCUT2D eigenvalue weighted by Gasteiger charge is 2.24. The third-order valence-electron chi connectivity index (χ3n) is 3.78. The first-order valence-corrected chi connectivity index (χ1v) is 6.80. The highest BCUT2D eigenvalue weighted by atomic mass is 16.1. The number of nitrogens with zero attached hydrogens (tertiary/aromatic N) is 2. The number of nitrogens with one attached hydrogen (secondary N) is 1. The van der Waals surface area contributed by atoms with E-state index in [2.05, 4.69) is 16.4 Å². The molecular weight excluding hydrogens is 226 g/mol. The minimum Gasteiger partial charge on any atom is -0.367 e. The molecule has 1 aliphatic carbocycles. The average molecular weight is 245 g/mol. The van der Waals surface area contributed by atoms with Gasteiger partial charge in [-0.1, -0.05) is 6.07 Å². The molecule has 2 aliphatic rings. The Morgan fingerprint density at radius 3 is 2.83 bits per heavy atom. The lowest BCUT2D eigenvalue weighted by molar-refractivity contribution is -0.121. The highest BCUT2D eigenvalue weighted by Crippen LogP contribution is 2.30. The van der Waals surface area contributed by atoms with E-state index in [0.29, 0.717) is 6.04 Å². The molecular formula is C14H19N3O. The molecule has 96 valence electrons. The molecule has 1 saturated carbocycles. The van der Waals surface area contributed by atoms with Gasteiger partial charge in [-0.05, 0) is 43.7 Å². The van der Waals surface area contributed by atoms with E-state index in [4.69, 9.17) is 0 Å². The van der Waals surface area contributed by atoms with Crippen LogP contribution in [-0.2, 0) is 4.79 Å². The van der Waals surface area contributed by atoms with Gasteiger partial charge in [-0.15, -0.1) is 0 Å². The summed E-state index contributed by atoms with van der Waals surface area (Å²) in [5, 5.41) is 3.38. The monoisotopic (exact) mass is 245 g/mol. The summed E-state index contributed by atoms with van der Waals surface area (Å²) in [6.45, 7) is 0.871. The first kappa shape index (κ1) is 11.5. The Labute approximate surface area is 107 Å². The highest BCUT2D eigenvalue weighted by molar-refractivity contribution is 5.49. The Balaban J connectivity index is 1.71. The molecule has 4 nitrogen and oxygen atoms in total. The van der Waals surface area contributed by atoms with Crippen LogP contribution in [0.25, 0.3) is 0 Å². The molecule has 0 spiro atoms. The SMILES string of the molecule is O=CN1CCCC[C@H]1c1ccc(NC2CC2)nc1. The summed E-state index contributed by atoms with van der Waals surface area (Å²) >= 11 is 0. The topological polar surface area (TPSA) is 45.2 Å². The number of hydrogen-bond acceptors (Lipinski definition) is 3. The van der Waals surface area contributed by atoms with Crippen LogP contribution >= 0.6 is 0 Å². The Morgan fingerprint density at radius 1 is 1.28 bits per heavy atom. The van der Waals surface area contributed by atoms with Gasteiger partial charge in [0.15, 0.2) is 0 Å². The van der Waals surface area contributed by atoms with E-state index in [1.165, 1.54) is 19.3 Å². The molecule has 2 fully saturated rings. The maximum atomic E-state index is 11.1. The van der Waals surface area contributed by atoms with Crippen molar-refractivity contribution >= 4 is 12.2 Å². The van der Waals surface area contributed by atoms with E-state index >= 15 is 0 Å². The molecule has 18 heavy (non-hydrogen) atoms. The molecule has 1 saturated heterocycles. The zero-order chi connectivity index (χ0) is 12.4. The molecule has 0 unspecified atom stereocenters. The fourth-order valence-corrected chi connectivity index (χ4v) is 2.56. The number of aromatic nitrogens is 1. The lowest BCUT2D eigenvalue weighted by Crippen LogP contribution is -2.32. The second kappa shape index (κ2) is 4.96. The van der Waals surface area contributed by atoms with E-state index in [0.717, 1.165) is 37.2 Å². The second-order valence-corrected chi connectivity index (χ2v) is 5.25. The molecule has 1 amide bonds. The third-order valence-corrected chi connectivity index (χ3v) is 3.78. The van der Waals surface area contributed by atoms with Crippen molar-refractivity contribution in [2.24, 2.45) is 0 Å². The quantitative estimate of drug-likeness (QED) is 0.828. The van der Waals surface area contributed by atoms with Crippen LogP contribution in [0.2, 0.25) is 0 Å². The van der Waals surface area contributed by atoms with Crippen LogP contribution in [0, 0.1) is 0 Å². The van der Waals surface area contributed by atoms with Crippen LogP contribution in [0.15, 0.2) is 18.3 Å². The van der Waals surface area contributed by atoms with Gasteiger partial charge in [0, 0.05) is 18.8 Å². The Hall–Kier alpha value is -1.58. The van der Waals surface area contributed by atoms with Crippen LogP contribution in [0.1, 0.15) is 43.7 Å². The van der Waals surface area contributed by atoms with Crippen molar-refractivity contribution in [2.75, 3.05) is 11.9 Å². The Kier molecular flexibility index (Phi) is 3.17. The van der Waals surface area contributed by atoms with Gasteiger partial charge < -0.3 is 10.2 Å². The normalized spacial score (nSPS) is 23.8. The molecule has 1 aliphatic heterocycles. The summed E-state index contributed by atoms with van der Waals surface area (Å²) in [5.41, 5.74) is 1.16. The van der Waals surface area contributed by atoms with Gasteiger partial charge in [0.25, 0.3) is 0 Å². The summed E-state index contributed by atoms with van der Waals surface area (Å²) in [7, 11) is 0. The van der Waals surface area contributed by atoms with E-state index in [9.17, 15) is 4.79 Å². The first-order chi connectivity index (χ1) is 8.86. The van der Waals surface area contributed by atoms with Crippen LogP contribution in [-0.4, -0.2) is 28.9 Å². The van der Waals surface area contributed by atoms with Crippen LogP contribution in [0.5, 0.6) is 0 Å². The molecule has 2 heterocycles. The Bertz CT molecular complexity index is 414. The van der Waals surface area contributed by atoms with Gasteiger partial charge in [0.1, 0.15) is 5.82 Å². The lowest BCUT2D eigenvalue weighted by atomic mass is 9.97. The van der Waals surface area contributed by atoms with Gasteiger partial charge in [-0.25, -0.2) is 4.98 Å². The number of likely N-dealkylation sites (tertiary alicyclic amines) is 1. The minimum atomic E-state index is 0.221. The molecule has 1 aromatic rings. The van der Waals surface area contributed by atoms with Crippen molar-refractivity contribution in [3.8, 4) is 0 Å². The van der Waals surface area contributed by atoms with Crippen molar-refractivity contribution in [1.82, 2.24) is 9.88 Å². The maximum Gasteiger partial charge on any atom is 0.210 e. The van der Waals surface area contributed by atoms with E-state index < -0.39 is 0 Å². The number of hydrogen-bond donors (Lipinski definition) is 1. The molecule has 0 aromatic carbocycles. The van der Waals surface area contributed by atoms with Gasteiger partial charge >= 0.3 is 0 Å². The Morgan fingerprint density at radius 2 is 2.17 bits per heavy atom.